The molecule has 2 saturated carbocycles. The molecule has 4 aliphatic rings. The number of benzene rings is 2. The number of hydrogen-bond donors (Lipinski definition) is 3. The van der Waals surface area contributed by atoms with Crippen molar-refractivity contribution < 1.29 is 52.5 Å². The van der Waals surface area contributed by atoms with Gasteiger partial charge in [0.15, 0.2) is 0 Å². The second-order valence-electron chi connectivity index (χ2n) is 23.1. The number of rotatable bonds is 8. The molecule has 8 rings (SSSR count). The molecule has 2 aliphatic heterocycles. The Kier molecular flexibility index (Phi) is 21.5. The molecule has 2 aromatic heterocycles. The Hall–Kier alpha value is -6.71. The predicted octanol–water partition coefficient (Wildman–Crippen LogP) is 11.1. The third kappa shape index (κ3) is 19.3. The van der Waals surface area contributed by atoms with E-state index in [4.69, 9.17) is 37.4 Å². The van der Waals surface area contributed by atoms with Crippen molar-refractivity contribution in [2.75, 3.05) is 36.8 Å². The second kappa shape index (κ2) is 27.0. The summed E-state index contributed by atoms with van der Waals surface area (Å²) in [6.45, 7) is 22.3. The molecule has 23 heteroatoms. The second-order valence-corrected chi connectivity index (χ2v) is 23.9. The van der Waals surface area contributed by atoms with Gasteiger partial charge in [0.25, 0.3) is 0 Å². The van der Waals surface area contributed by atoms with Crippen molar-refractivity contribution in [2.24, 2.45) is 23.7 Å². The van der Waals surface area contributed by atoms with E-state index in [1.807, 2.05) is 74.2 Å². The average molecular weight is 1140 g/mol. The summed E-state index contributed by atoms with van der Waals surface area (Å²) >= 11 is 12.6. The summed E-state index contributed by atoms with van der Waals surface area (Å²) in [6, 6.07) is 15.5. The van der Waals surface area contributed by atoms with Crippen LogP contribution >= 0.6 is 23.2 Å². The molecule has 0 bridgehead atoms. The van der Waals surface area contributed by atoms with Crippen molar-refractivity contribution in [1.29, 1.82) is 0 Å². The molecule has 0 radical (unpaired) electrons. The summed E-state index contributed by atoms with van der Waals surface area (Å²) in [5.74, 6) is 1.19. The number of fused-ring (bicyclic) bond motifs is 2. The molecule has 4 fully saturated rings. The van der Waals surface area contributed by atoms with Crippen molar-refractivity contribution in [3.63, 3.8) is 0 Å². The van der Waals surface area contributed by atoms with Crippen LogP contribution in [0.4, 0.5) is 35.3 Å². The first-order valence-corrected chi connectivity index (χ1v) is 26.8. The molecule has 5 amide bonds. The van der Waals surface area contributed by atoms with Gasteiger partial charge < -0.3 is 49.6 Å². The maximum Gasteiger partial charge on any atom is 0.519 e. The first-order valence-electron chi connectivity index (χ1n) is 26.1. The zero-order valence-electron chi connectivity index (χ0n) is 46.3. The first kappa shape index (κ1) is 63.1. The quantitative estimate of drug-likeness (QED) is 0.0845. The third-order valence-corrected chi connectivity index (χ3v) is 13.8. The molecule has 0 spiro atoms. The molecule has 432 valence electrons. The zero-order valence-corrected chi connectivity index (χ0v) is 47.9. The molecule has 21 nitrogen and oxygen atoms in total. The Bertz CT molecular complexity index is 2730. The Morgan fingerprint density at radius 3 is 1.38 bits per heavy atom. The van der Waals surface area contributed by atoms with Gasteiger partial charge >= 0.3 is 30.5 Å². The van der Waals surface area contributed by atoms with Crippen LogP contribution in [0.1, 0.15) is 120 Å². The summed E-state index contributed by atoms with van der Waals surface area (Å²) in [6.07, 6.45) is 7.27. The zero-order chi connectivity index (χ0) is 57.3. The lowest BCUT2D eigenvalue weighted by Gasteiger charge is -2.33. The lowest BCUT2D eigenvalue weighted by atomic mass is 10.0. The molecule has 6 atom stereocenters. The molecule has 2 unspecified atom stereocenters. The van der Waals surface area contributed by atoms with E-state index in [1.165, 1.54) is 41.8 Å². The standard InChI is InChI=1S/C25H32ClN5O4.C20H24ClN5O2.C10H18O5.CH4/c1-16(32)28-20-11-27-31(15-20)23(33)29-12-18-9-21(10-19(18)13-29)30(24(34)35-25(2,3)4)14-17-7-5-6-8-22(17)26;1-13(27)24-18-9-23-26(12-18)20(28)25-10-15-6-17(7-16(15)11-25)22-8-14-4-2-3-5-19(14)21;1-9(2,3)14-7(11)13-8(12)15-10(4,5)6;/h5-8,11,15,18-19,21H,9-10,12-14H2,1-4H3,(H,28,32);2-5,9,12,15-17,22H,6-8,10-11H2,1H3,(H,24,27);1-6H3;1H4/t18-,19+,21?;15-,16+,17?;;. The number of nitrogens with zero attached hydrogens (tertiary/aromatic N) is 7. The lowest BCUT2D eigenvalue weighted by molar-refractivity contribution is -0.115. The fraction of sp³-hybridized carbons (Fsp3) is 0.554. The van der Waals surface area contributed by atoms with Crippen LogP contribution in [0.2, 0.25) is 10.0 Å². The summed E-state index contributed by atoms with van der Waals surface area (Å²) in [4.78, 5) is 88.6. The van der Waals surface area contributed by atoms with Gasteiger partial charge in [0.1, 0.15) is 16.8 Å². The van der Waals surface area contributed by atoms with E-state index >= 15 is 0 Å². The van der Waals surface area contributed by atoms with E-state index in [0.717, 1.165) is 61.5 Å². The van der Waals surface area contributed by atoms with Gasteiger partial charge in [-0.1, -0.05) is 67.0 Å². The highest BCUT2D eigenvalue weighted by Gasteiger charge is 2.46. The monoisotopic (exact) mass is 1140 g/mol. The van der Waals surface area contributed by atoms with Crippen molar-refractivity contribution in [1.82, 2.24) is 39.6 Å². The van der Waals surface area contributed by atoms with Crippen LogP contribution in [0.25, 0.3) is 0 Å². The lowest BCUT2D eigenvalue weighted by Crippen LogP contribution is -2.43. The van der Waals surface area contributed by atoms with E-state index < -0.39 is 29.1 Å². The number of nitrogens with one attached hydrogen (secondary N) is 3. The number of carbonyl (C=O) groups excluding carboxylic acids is 7. The van der Waals surface area contributed by atoms with Gasteiger partial charge in [-0.15, -0.1) is 0 Å². The van der Waals surface area contributed by atoms with Gasteiger partial charge in [-0.3, -0.25) is 9.59 Å². The van der Waals surface area contributed by atoms with Crippen molar-refractivity contribution in [3.8, 4) is 0 Å². The van der Waals surface area contributed by atoms with Gasteiger partial charge in [-0.25, -0.2) is 24.0 Å². The highest BCUT2D eigenvalue weighted by atomic mass is 35.5. The van der Waals surface area contributed by atoms with Gasteiger partial charge in [0.2, 0.25) is 11.8 Å². The number of carbonyl (C=O) groups is 7. The molecular weight excluding hydrogens is 1060 g/mol. The Labute approximate surface area is 473 Å². The molecule has 4 aromatic rings. The van der Waals surface area contributed by atoms with Crippen LogP contribution in [0, 0.1) is 23.7 Å². The largest absolute Gasteiger partial charge is 0.519 e. The maximum absolute atomic E-state index is 13.2. The van der Waals surface area contributed by atoms with Crippen molar-refractivity contribution in [2.45, 2.75) is 151 Å². The van der Waals surface area contributed by atoms with Crippen LogP contribution in [-0.4, -0.2) is 132 Å². The molecule has 2 aliphatic carbocycles. The molecular formula is C56H78Cl2N10O11. The predicted molar refractivity (Wildman–Crippen MR) is 300 cm³/mol. The van der Waals surface area contributed by atoms with Gasteiger partial charge in [0.05, 0.1) is 42.7 Å². The highest BCUT2D eigenvalue weighted by molar-refractivity contribution is 6.31. The Balaban J connectivity index is 0.000000234. The van der Waals surface area contributed by atoms with Gasteiger partial charge in [0, 0.05) is 68.7 Å². The minimum atomic E-state index is -1.06. The minimum Gasteiger partial charge on any atom is -0.444 e. The van der Waals surface area contributed by atoms with Crippen LogP contribution in [0.3, 0.4) is 0 Å². The van der Waals surface area contributed by atoms with Crippen molar-refractivity contribution in [3.05, 3.63) is 94.5 Å². The summed E-state index contributed by atoms with van der Waals surface area (Å²) < 4.78 is 22.1. The number of halogens is 2. The summed E-state index contributed by atoms with van der Waals surface area (Å²) in [7, 11) is 0. The number of anilines is 2. The minimum absolute atomic E-state index is 0. The average Bonchev–Trinajstić information content (AvgIpc) is 4.35. The number of hydrogen-bond acceptors (Lipinski definition) is 14. The number of aromatic nitrogens is 4. The summed E-state index contributed by atoms with van der Waals surface area (Å²) in [5.41, 5.74) is 1.02. The van der Waals surface area contributed by atoms with Gasteiger partial charge in [-0.05, 0) is 135 Å². The fourth-order valence-electron chi connectivity index (χ4n) is 9.96. The first-order chi connectivity index (χ1) is 36.5. The van der Waals surface area contributed by atoms with Crippen LogP contribution in [-0.2, 0) is 41.6 Å². The fourth-order valence-corrected chi connectivity index (χ4v) is 10.4. The number of likely N-dealkylation sites (tertiary alicyclic amines) is 2. The topological polar surface area (TPSA) is 238 Å². The van der Waals surface area contributed by atoms with Crippen LogP contribution in [0.5, 0.6) is 0 Å². The normalized spacial score (nSPS) is 20.2. The number of ether oxygens (including phenoxy) is 4. The van der Waals surface area contributed by atoms with Crippen LogP contribution in [0.15, 0.2) is 73.3 Å². The van der Waals surface area contributed by atoms with E-state index in [-0.39, 0.29) is 55.3 Å². The van der Waals surface area contributed by atoms with Crippen LogP contribution < -0.4 is 16.0 Å². The SMILES string of the molecule is C.CC(=O)Nc1cnn(C(=O)N2C[C@H]3CC(N(Cc4ccccc4Cl)C(=O)OC(C)(C)C)C[C@H]3C2)c1.CC(=O)Nc1cnn(C(=O)N2C[C@H]3CC(NCc4ccccc4Cl)C[C@H]3C2)c1.CC(C)(C)OC(=O)OC(=O)OC(C)(C)C. The van der Waals surface area contributed by atoms with E-state index in [0.29, 0.717) is 53.9 Å². The molecule has 3 N–H and O–H groups in total. The van der Waals surface area contributed by atoms with E-state index in [1.54, 1.807) is 57.5 Å². The van der Waals surface area contributed by atoms with Crippen molar-refractivity contribution >= 4 is 76.9 Å². The number of amides is 5. The third-order valence-electron chi connectivity index (χ3n) is 13.1. The van der Waals surface area contributed by atoms with E-state index in [2.05, 4.69) is 30.9 Å². The highest BCUT2D eigenvalue weighted by Crippen LogP contribution is 2.42. The molecule has 2 aromatic carbocycles. The summed E-state index contributed by atoms with van der Waals surface area (Å²) in [5, 5.41) is 18.5. The van der Waals surface area contributed by atoms with Gasteiger partial charge in [-0.2, -0.15) is 19.6 Å². The molecule has 4 heterocycles. The molecule has 79 heavy (non-hydrogen) atoms. The molecule has 2 saturated heterocycles. The smallest absolute Gasteiger partial charge is 0.444 e. The maximum atomic E-state index is 13.2. The van der Waals surface area contributed by atoms with E-state index in [9.17, 15) is 33.6 Å². The Morgan fingerprint density at radius 2 is 0.987 bits per heavy atom. The Morgan fingerprint density at radius 1 is 0.595 bits per heavy atom.